The van der Waals surface area contributed by atoms with Gasteiger partial charge in [-0.1, -0.05) is 6.42 Å². The van der Waals surface area contributed by atoms with E-state index in [1.807, 2.05) is 0 Å². The second-order valence-electron chi connectivity index (χ2n) is 6.27. The summed E-state index contributed by atoms with van der Waals surface area (Å²) in [6.45, 7) is 6.46. The molecule has 4 heteroatoms. The molecule has 1 N–H and O–H groups in total. The third-order valence-corrected chi connectivity index (χ3v) is 4.54. The quantitative estimate of drug-likeness (QED) is 0.888. The Morgan fingerprint density at radius 2 is 2.16 bits per heavy atom. The minimum Gasteiger partial charge on any atom is -0.391 e. The van der Waals surface area contributed by atoms with Crippen LogP contribution in [0.2, 0.25) is 0 Å². The number of aryl methyl sites for hydroxylation is 1. The fourth-order valence-electron chi connectivity index (χ4n) is 3.50. The van der Waals surface area contributed by atoms with Crippen molar-refractivity contribution < 1.29 is 5.11 Å². The normalized spacial score (nSPS) is 28.6. The fourth-order valence-corrected chi connectivity index (χ4v) is 3.50. The van der Waals surface area contributed by atoms with Gasteiger partial charge in [0, 0.05) is 25.2 Å². The topological polar surface area (TPSA) is 41.3 Å². The van der Waals surface area contributed by atoms with E-state index in [0.29, 0.717) is 12.1 Å². The summed E-state index contributed by atoms with van der Waals surface area (Å²) in [5.41, 5.74) is 1.22. The number of hydrogen-bond acceptors (Lipinski definition) is 3. The van der Waals surface area contributed by atoms with Crippen LogP contribution in [0.25, 0.3) is 0 Å². The number of likely N-dealkylation sites (tertiary alicyclic amines) is 1. The molecule has 0 radical (unpaired) electrons. The van der Waals surface area contributed by atoms with Crippen LogP contribution in [0, 0.1) is 0 Å². The van der Waals surface area contributed by atoms with Crippen LogP contribution in [-0.4, -0.2) is 38.2 Å². The lowest BCUT2D eigenvalue weighted by molar-refractivity contribution is 0.109. The maximum Gasteiger partial charge on any atom is 0.109 e. The van der Waals surface area contributed by atoms with E-state index < -0.39 is 0 Å². The molecule has 1 fully saturated rings. The molecular weight excluding hydrogens is 238 g/mol. The van der Waals surface area contributed by atoms with E-state index in [9.17, 15) is 5.11 Å². The summed E-state index contributed by atoms with van der Waals surface area (Å²) in [5.74, 6) is 1.16. The Morgan fingerprint density at radius 3 is 2.95 bits per heavy atom. The molecule has 1 saturated heterocycles. The van der Waals surface area contributed by atoms with Crippen molar-refractivity contribution >= 4 is 0 Å². The van der Waals surface area contributed by atoms with Crippen LogP contribution in [0.1, 0.15) is 57.1 Å². The monoisotopic (exact) mass is 263 g/mol. The maximum atomic E-state index is 9.76. The first-order valence-corrected chi connectivity index (χ1v) is 7.65. The van der Waals surface area contributed by atoms with Gasteiger partial charge in [0.2, 0.25) is 0 Å². The largest absolute Gasteiger partial charge is 0.391 e. The van der Waals surface area contributed by atoms with Gasteiger partial charge in [0.15, 0.2) is 0 Å². The minimum absolute atomic E-state index is 0.192. The lowest BCUT2D eigenvalue weighted by atomic mass is 9.98. The predicted molar refractivity (Wildman–Crippen MR) is 75.0 cm³/mol. The first kappa shape index (κ1) is 13.1. The SMILES string of the molecule is CC(C)N1CCCCC1c1cn2c(n1)CCC(O)C2. The highest BCUT2D eigenvalue weighted by molar-refractivity contribution is 5.12. The van der Waals surface area contributed by atoms with Crippen molar-refractivity contribution in [1.29, 1.82) is 0 Å². The first-order valence-electron chi connectivity index (χ1n) is 7.65. The van der Waals surface area contributed by atoms with Crippen molar-refractivity contribution in [3.05, 3.63) is 17.7 Å². The lowest BCUT2D eigenvalue weighted by Crippen LogP contribution is -2.38. The smallest absolute Gasteiger partial charge is 0.109 e. The Balaban J connectivity index is 1.84. The van der Waals surface area contributed by atoms with Crippen molar-refractivity contribution in [1.82, 2.24) is 14.5 Å². The highest BCUT2D eigenvalue weighted by Gasteiger charge is 2.29. The number of piperidine rings is 1. The summed E-state index contributed by atoms with van der Waals surface area (Å²) in [5, 5.41) is 9.76. The van der Waals surface area contributed by atoms with Gasteiger partial charge in [-0.25, -0.2) is 4.98 Å². The molecule has 0 saturated carbocycles. The highest BCUT2D eigenvalue weighted by Crippen LogP contribution is 2.32. The molecule has 19 heavy (non-hydrogen) atoms. The van der Waals surface area contributed by atoms with E-state index >= 15 is 0 Å². The molecule has 0 bridgehead atoms. The Morgan fingerprint density at radius 1 is 1.32 bits per heavy atom. The van der Waals surface area contributed by atoms with Crippen LogP contribution >= 0.6 is 0 Å². The van der Waals surface area contributed by atoms with Gasteiger partial charge >= 0.3 is 0 Å². The molecular formula is C15H25N3O. The molecule has 0 amide bonds. The number of aliphatic hydroxyl groups excluding tert-OH is 1. The predicted octanol–water partition coefficient (Wildman–Crippen LogP) is 2.13. The van der Waals surface area contributed by atoms with E-state index in [0.717, 1.165) is 25.2 Å². The number of imidazole rings is 1. The third kappa shape index (κ3) is 2.56. The Kier molecular flexibility index (Phi) is 3.63. The van der Waals surface area contributed by atoms with Gasteiger partial charge < -0.3 is 9.67 Å². The van der Waals surface area contributed by atoms with Crippen LogP contribution in [0.4, 0.5) is 0 Å². The van der Waals surface area contributed by atoms with Crippen LogP contribution in [0.3, 0.4) is 0 Å². The zero-order valence-corrected chi connectivity index (χ0v) is 12.0. The average molecular weight is 263 g/mol. The third-order valence-electron chi connectivity index (χ3n) is 4.54. The van der Waals surface area contributed by atoms with E-state index in [4.69, 9.17) is 4.98 Å². The molecule has 0 aromatic carbocycles. The summed E-state index contributed by atoms with van der Waals surface area (Å²) in [7, 11) is 0. The van der Waals surface area contributed by atoms with Crippen molar-refractivity contribution in [3.8, 4) is 0 Å². The van der Waals surface area contributed by atoms with E-state index in [2.05, 4.69) is 29.5 Å². The molecule has 3 rings (SSSR count). The first-order chi connectivity index (χ1) is 9.15. The molecule has 106 valence electrons. The Bertz CT molecular complexity index is 441. The summed E-state index contributed by atoms with van der Waals surface area (Å²) < 4.78 is 2.16. The fraction of sp³-hybridized carbons (Fsp3) is 0.800. The molecule has 1 aromatic rings. The minimum atomic E-state index is -0.192. The van der Waals surface area contributed by atoms with Crippen molar-refractivity contribution in [3.63, 3.8) is 0 Å². The van der Waals surface area contributed by atoms with Crippen LogP contribution < -0.4 is 0 Å². The van der Waals surface area contributed by atoms with Crippen molar-refractivity contribution in [2.75, 3.05) is 6.54 Å². The molecule has 0 aliphatic carbocycles. The second kappa shape index (κ2) is 5.25. The molecule has 2 aliphatic heterocycles. The van der Waals surface area contributed by atoms with E-state index in [-0.39, 0.29) is 6.10 Å². The van der Waals surface area contributed by atoms with Gasteiger partial charge in [0.1, 0.15) is 5.82 Å². The number of aromatic nitrogens is 2. The van der Waals surface area contributed by atoms with E-state index in [1.54, 1.807) is 0 Å². The van der Waals surface area contributed by atoms with Gasteiger partial charge in [0.05, 0.1) is 17.8 Å². The van der Waals surface area contributed by atoms with Crippen LogP contribution in [0.5, 0.6) is 0 Å². The summed E-state index contributed by atoms with van der Waals surface area (Å²) in [6.07, 6.45) is 7.59. The number of hydrogen-bond donors (Lipinski definition) is 1. The molecule has 1 aromatic heterocycles. The zero-order chi connectivity index (χ0) is 13.4. The van der Waals surface area contributed by atoms with Gasteiger partial charge in [-0.3, -0.25) is 4.90 Å². The molecule has 0 spiro atoms. The number of rotatable bonds is 2. The number of nitrogens with zero attached hydrogens (tertiary/aromatic N) is 3. The summed E-state index contributed by atoms with van der Waals surface area (Å²) >= 11 is 0. The summed E-state index contributed by atoms with van der Waals surface area (Å²) in [4.78, 5) is 7.43. The molecule has 2 unspecified atom stereocenters. The van der Waals surface area contributed by atoms with Crippen molar-refractivity contribution in [2.24, 2.45) is 0 Å². The number of aliphatic hydroxyl groups is 1. The second-order valence-corrected chi connectivity index (χ2v) is 6.27. The van der Waals surface area contributed by atoms with Gasteiger partial charge in [0.25, 0.3) is 0 Å². The molecule has 4 nitrogen and oxygen atoms in total. The zero-order valence-electron chi connectivity index (χ0n) is 12.0. The van der Waals surface area contributed by atoms with Crippen molar-refractivity contribution in [2.45, 2.75) is 70.7 Å². The highest BCUT2D eigenvalue weighted by atomic mass is 16.3. The molecule has 2 aliphatic rings. The van der Waals surface area contributed by atoms with Crippen LogP contribution in [0.15, 0.2) is 6.20 Å². The van der Waals surface area contributed by atoms with Gasteiger partial charge in [-0.2, -0.15) is 0 Å². The molecule has 2 atom stereocenters. The van der Waals surface area contributed by atoms with Gasteiger partial charge in [-0.15, -0.1) is 0 Å². The van der Waals surface area contributed by atoms with E-state index in [1.165, 1.54) is 31.5 Å². The average Bonchev–Trinajstić information content (AvgIpc) is 2.81. The standard InChI is InChI=1S/C15H25N3O/c1-11(2)18-8-4-3-5-14(18)13-10-17-9-12(19)6-7-15(17)16-13/h10-12,14,19H,3-9H2,1-2H3. The number of fused-ring (bicyclic) bond motifs is 1. The summed E-state index contributed by atoms with van der Waals surface area (Å²) in [6, 6.07) is 1.05. The van der Waals surface area contributed by atoms with Crippen LogP contribution in [-0.2, 0) is 13.0 Å². The van der Waals surface area contributed by atoms with Gasteiger partial charge in [-0.05, 0) is 39.7 Å². The Labute approximate surface area is 115 Å². The maximum absolute atomic E-state index is 9.76. The lowest BCUT2D eigenvalue weighted by Gasteiger charge is -2.37. The Hall–Kier alpha value is -0.870. The molecule has 3 heterocycles.